The van der Waals surface area contributed by atoms with Crippen LogP contribution in [0.2, 0.25) is 10.0 Å². The average molecular weight is 279 g/mol. The van der Waals surface area contributed by atoms with Crippen molar-refractivity contribution in [3.8, 4) is 17.1 Å². The van der Waals surface area contributed by atoms with Crippen LogP contribution in [0.4, 0.5) is 0 Å². The maximum Gasteiger partial charge on any atom is 0.135 e. The second-order valence-corrected chi connectivity index (χ2v) is 4.78. The Labute approximate surface area is 113 Å². The molecule has 0 atom stereocenters. The topological polar surface area (TPSA) is 33.4 Å². The van der Waals surface area contributed by atoms with Crippen molar-refractivity contribution in [2.24, 2.45) is 0 Å². The van der Waals surface area contributed by atoms with Gasteiger partial charge in [0, 0.05) is 10.9 Å². The Morgan fingerprint density at radius 3 is 2.50 bits per heavy atom. The van der Waals surface area contributed by atoms with Crippen LogP contribution in [0.3, 0.4) is 0 Å². The van der Waals surface area contributed by atoms with Crippen molar-refractivity contribution in [1.29, 1.82) is 0 Å². The van der Waals surface area contributed by atoms with E-state index in [2.05, 4.69) is 0 Å². The van der Waals surface area contributed by atoms with Crippen LogP contribution >= 0.6 is 23.2 Å². The maximum atomic E-state index is 9.41. The van der Waals surface area contributed by atoms with Crippen molar-refractivity contribution in [2.75, 3.05) is 0 Å². The Morgan fingerprint density at radius 1 is 0.889 bits per heavy atom. The summed E-state index contributed by atoms with van der Waals surface area (Å²) in [4.78, 5) is 0. The largest absolute Gasteiger partial charge is 0.508 e. The molecule has 0 bridgehead atoms. The fourth-order valence-electron chi connectivity index (χ4n) is 1.82. The first-order valence-corrected chi connectivity index (χ1v) is 6.07. The third kappa shape index (κ3) is 1.94. The normalized spacial score (nSPS) is 11.0. The molecule has 3 aromatic rings. The van der Waals surface area contributed by atoms with E-state index in [9.17, 15) is 5.11 Å². The molecule has 0 radical (unpaired) electrons. The van der Waals surface area contributed by atoms with Crippen LogP contribution in [0.25, 0.3) is 22.3 Å². The van der Waals surface area contributed by atoms with E-state index in [1.807, 2.05) is 12.1 Å². The number of halogens is 2. The van der Waals surface area contributed by atoms with Gasteiger partial charge < -0.3 is 9.52 Å². The van der Waals surface area contributed by atoms with Gasteiger partial charge in [-0.2, -0.15) is 0 Å². The van der Waals surface area contributed by atoms with Crippen LogP contribution in [-0.2, 0) is 0 Å². The van der Waals surface area contributed by atoms with Crippen LogP contribution < -0.4 is 0 Å². The summed E-state index contributed by atoms with van der Waals surface area (Å²) in [5.41, 5.74) is 1.56. The van der Waals surface area contributed by atoms with E-state index in [4.69, 9.17) is 27.6 Å². The molecule has 18 heavy (non-hydrogen) atoms. The predicted octanol–water partition coefficient (Wildman–Crippen LogP) is 5.11. The van der Waals surface area contributed by atoms with Gasteiger partial charge >= 0.3 is 0 Å². The van der Waals surface area contributed by atoms with Crippen molar-refractivity contribution >= 4 is 34.2 Å². The van der Waals surface area contributed by atoms with Gasteiger partial charge in [-0.05, 0) is 42.5 Å². The van der Waals surface area contributed by atoms with Crippen molar-refractivity contribution in [2.45, 2.75) is 0 Å². The minimum Gasteiger partial charge on any atom is -0.508 e. The van der Waals surface area contributed by atoms with Crippen LogP contribution in [-0.4, -0.2) is 5.11 Å². The second-order valence-electron chi connectivity index (χ2n) is 3.96. The number of hydrogen-bond acceptors (Lipinski definition) is 2. The summed E-state index contributed by atoms with van der Waals surface area (Å²) >= 11 is 11.8. The summed E-state index contributed by atoms with van der Waals surface area (Å²) in [6, 6.07) is 12.1. The number of hydrogen-bond donors (Lipinski definition) is 1. The molecule has 0 fully saturated rings. The van der Waals surface area contributed by atoms with Gasteiger partial charge in [0.05, 0.1) is 10.0 Å². The molecule has 2 nitrogen and oxygen atoms in total. The minimum absolute atomic E-state index is 0.212. The lowest BCUT2D eigenvalue weighted by atomic mass is 10.1. The number of aromatic hydroxyl groups is 1. The van der Waals surface area contributed by atoms with E-state index in [0.29, 0.717) is 21.4 Å². The molecule has 0 aliphatic rings. The van der Waals surface area contributed by atoms with Gasteiger partial charge in [0.15, 0.2) is 0 Å². The monoisotopic (exact) mass is 278 g/mol. The molecule has 0 saturated carbocycles. The first-order valence-electron chi connectivity index (χ1n) is 5.31. The Balaban J connectivity index is 2.16. The van der Waals surface area contributed by atoms with Gasteiger partial charge in [0.1, 0.15) is 17.1 Å². The first-order chi connectivity index (χ1) is 8.63. The molecule has 0 amide bonds. The Hall–Kier alpha value is -1.64. The van der Waals surface area contributed by atoms with Crippen molar-refractivity contribution in [3.63, 3.8) is 0 Å². The highest BCUT2D eigenvalue weighted by Gasteiger charge is 2.08. The van der Waals surface area contributed by atoms with Crippen LogP contribution in [0.5, 0.6) is 5.75 Å². The molecule has 2 aromatic carbocycles. The quantitative estimate of drug-likeness (QED) is 0.671. The predicted molar refractivity (Wildman–Crippen MR) is 73.3 cm³/mol. The van der Waals surface area contributed by atoms with Crippen molar-refractivity contribution in [1.82, 2.24) is 0 Å². The summed E-state index contributed by atoms with van der Waals surface area (Å²) in [6.07, 6.45) is 0. The van der Waals surface area contributed by atoms with Gasteiger partial charge in [0.2, 0.25) is 0 Å². The molecular formula is C14H8Cl2O2. The Bertz CT molecular complexity index is 732. The highest BCUT2D eigenvalue weighted by molar-refractivity contribution is 6.42. The lowest BCUT2D eigenvalue weighted by Crippen LogP contribution is -1.74. The fourth-order valence-corrected chi connectivity index (χ4v) is 2.12. The molecule has 0 unspecified atom stereocenters. The van der Waals surface area contributed by atoms with Crippen molar-refractivity contribution in [3.05, 3.63) is 52.5 Å². The smallest absolute Gasteiger partial charge is 0.135 e. The summed E-state index contributed by atoms with van der Waals surface area (Å²) < 4.78 is 5.69. The summed E-state index contributed by atoms with van der Waals surface area (Å²) in [6.45, 7) is 0. The molecule has 0 spiro atoms. The minimum atomic E-state index is 0.212. The molecule has 3 rings (SSSR count). The zero-order chi connectivity index (χ0) is 12.7. The lowest BCUT2D eigenvalue weighted by Gasteiger charge is -1.99. The van der Waals surface area contributed by atoms with Crippen LogP contribution in [0, 0.1) is 0 Å². The van der Waals surface area contributed by atoms with Gasteiger partial charge in [-0.3, -0.25) is 0 Å². The highest BCUT2D eigenvalue weighted by atomic mass is 35.5. The molecule has 0 saturated heterocycles. The molecule has 1 heterocycles. The summed E-state index contributed by atoms with van der Waals surface area (Å²) in [7, 11) is 0. The molecule has 1 aromatic heterocycles. The first kappa shape index (κ1) is 11.5. The van der Waals surface area contributed by atoms with Crippen LogP contribution in [0.1, 0.15) is 0 Å². The molecule has 1 N–H and O–H groups in total. The van der Waals surface area contributed by atoms with Gasteiger partial charge in [0.25, 0.3) is 0 Å². The van der Waals surface area contributed by atoms with Gasteiger partial charge in [-0.15, -0.1) is 0 Å². The lowest BCUT2D eigenvalue weighted by molar-refractivity contribution is 0.476. The standard InChI is InChI=1S/C14H8Cl2O2/c15-11-3-1-8(6-12(11)16)14-7-9-5-10(17)2-4-13(9)18-14/h1-7,17H. The highest BCUT2D eigenvalue weighted by Crippen LogP contribution is 2.33. The molecule has 90 valence electrons. The number of benzene rings is 2. The molecule has 4 heteroatoms. The van der Waals surface area contributed by atoms with E-state index < -0.39 is 0 Å². The Morgan fingerprint density at radius 2 is 1.72 bits per heavy atom. The number of fused-ring (bicyclic) bond motifs is 1. The SMILES string of the molecule is Oc1ccc2oc(-c3ccc(Cl)c(Cl)c3)cc2c1. The maximum absolute atomic E-state index is 9.41. The van der Waals surface area contributed by atoms with Crippen LogP contribution in [0.15, 0.2) is 46.9 Å². The van der Waals surface area contributed by atoms with E-state index in [1.54, 1.807) is 30.3 Å². The second kappa shape index (κ2) is 4.23. The van der Waals surface area contributed by atoms with Gasteiger partial charge in [-0.25, -0.2) is 0 Å². The Kier molecular flexibility index (Phi) is 2.69. The third-order valence-electron chi connectivity index (χ3n) is 2.70. The number of furan rings is 1. The summed E-state index contributed by atoms with van der Waals surface area (Å²) in [5, 5.41) is 11.2. The average Bonchev–Trinajstić information content (AvgIpc) is 2.75. The third-order valence-corrected chi connectivity index (χ3v) is 3.44. The number of phenols is 1. The number of rotatable bonds is 1. The van der Waals surface area contributed by atoms with E-state index >= 15 is 0 Å². The zero-order valence-corrected chi connectivity index (χ0v) is 10.7. The molecule has 0 aliphatic heterocycles. The zero-order valence-electron chi connectivity index (χ0n) is 9.15. The fraction of sp³-hybridized carbons (Fsp3) is 0. The van der Waals surface area contributed by atoms with Gasteiger partial charge in [-0.1, -0.05) is 23.2 Å². The van der Waals surface area contributed by atoms with E-state index in [0.717, 1.165) is 10.9 Å². The van der Waals surface area contributed by atoms with E-state index in [-0.39, 0.29) is 5.75 Å². The van der Waals surface area contributed by atoms with Crippen molar-refractivity contribution < 1.29 is 9.52 Å². The summed E-state index contributed by atoms with van der Waals surface area (Å²) in [5.74, 6) is 0.901. The molecular weight excluding hydrogens is 271 g/mol. The number of phenolic OH excluding ortho intramolecular Hbond substituents is 1. The molecule has 0 aliphatic carbocycles. The van der Waals surface area contributed by atoms with E-state index in [1.165, 1.54) is 0 Å².